The second-order valence-electron chi connectivity index (χ2n) is 7.83. The largest absolute Gasteiger partial charge is 0.463 e. The molecule has 0 bridgehead atoms. The second kappa shape index (κ2) is 6.14. The third-order valence-corrected chi connectivity index (χ3v) is 6.08. The molecule has 8 heteroatoms. The van der Waals surface area contributed by atoms with Gasteiger partial charge in [0.05, 0.1) is 12.9 Å². The van der Waals surface area contributed by atoms with E-state index in [1.807, 2.05) is 24.6 Å². The maximum atomic E-state index is 6.05. The summed E-state index contributed by atoms with van der Waals surface area (Å²) < 4.78 is 7.99. The number of imidazole rings is 1. The van der Waals surface area contributed by atoms with E-state index in [1.54, 1.807) is 18.9 Å². The van der Waals surface area contributed by atoms with Gasteiger partial charge in [-0.3, -0.25) is 0 Å². The van der Waals surface area contributed by atoms with E-state index < -0.39 is 0 Å². The highest BCUT2D eigenvalue weighted by Gasteiger charge is 2.50. The predicted octanol–water partition coefficient (Wildman–Crippen LogP) is 2.15. The van der Waals surface area contributed by atoms with Crippen molar-refractivity contribution < 1.29 is 4.74 Å². The van der Waals surface area contributed by atoms with E-state index in [2.05, 4.69) is 29.8 Å². The average molecular weight is 365 g/mol. The fraction of sp³-hybridized carbons (Fsp3) is 0.526. The van der Waals surface area contributed by atoms with Gasteiger partial charge in [0.1, 0.15) is 6.33 Å². The standard InChI is InChI=1S/C19H23N7O/c1-13-5-7-20-18(24-13)27-10-19-6-3-4-14(19)8-26(9-19)17-15-16(21-11-22-17)25(2)12-23-15/h5,7,11-12,14H,3-4,6,8-10H2,1-2H3. The molecule has 140 valence electrons. The minimum absolute atomic E-state index is 0.124. The van der Waals surface area contributed by atoms with Crippen molar-refractivity contribution in [1.82, 2.24) is 29.5 Å². The molecule has 4 heterocycles. The first-order valence-corrected chi connectivity index (χ1v) is 9.44. The summed E-state index contributed by atoms with van der Waals surface area (Å²) in [6, 6.07) is 2.36. The molecule has 8 nitrogen and oxygen atoms in total. The van der Waals surface area contributed by atoms with Crippen molar-refractivity contribution in [3.63, 3.8) is 0 Å². The van der Waals surface area contributed by atoms with E-state index in [9.17, 15) is 0 Å². The summed E-state index contributed by atoms with van der Waals surface area (Å²) in [6.07, 6.45) is 8.83. The highest BCUT2D eigenvalue weighted by Crippen LogP contribution is 2.50. The van der Waals surface area contributed by atoms with Gasteiger partial charge in [-0.05, 0) is 31.7 Å². The number of aromatic nitrogens is 6. The van der Waals surface area contributed by atoms with E-state index in [0.29, 0.717) is 18.5 Å². The van der Waals surface area contributed by atoms with E-state index in [4.69, 9.17) is 4.74 Å². The van der Waals surface area contributed by atoms with E-state index in [1.165, 1.54) is 12.8 Å². The Morgan fingerprint density at radius 2 is 2.19 bits per heavy atom. The first kappa shape index (κ1) is 16.4. The number of rotatable bonds is 4. The molecule has 0 amide bonds. The van der Waals surface area contributed by atoms with Gasteiger partial charge in [-0.1, -0.05) is 6.42 Å². The summed E-state index contributed by atoms with van der Waals surface area (Å²) in [5.41, 5.74) is 2.79. The lowest BCUT2D eigenvalue weighted by atomic mass is 9.82. The van der Waals surface area contributed by atoms with Crippen molar-refractivity contribution in [2.45, 2.75) is 26.2 Å². The molecule has 1 saturated heterocycles. The zero-order valence-electron chi connectivity index (χ0n) is 15.7. The van der Waals surface area contributed by atoms with Crippen LogP contribution < -0.4 is 9.64 Å². The number of ether oxygens (including phenoxy) is 1. The third-order valence-electron chi connectivity index (χ3n) is 6.08. The van der Waals surface area contributed by atoms with Gasteiger partial charge >= 0.3 is 6.01 Å². The molecule has 2 aliphatic rings. The minimum Gasteiger partial charge on any atom is -0.463 e. The van der Waals surface area contributed by atoms with Crippen LogP contribution in [0.3, 0.4) is 0 Å². The van der Waals surface area contributed by atoms with Gasteiger partial charge in [0.2, 0.25) is 0 Å². The lowest BCUT2D eigenvalue weighted by molar-refractivity contribution is 0.130. The van der Waals surface area contributed by atoms with Crippen molar-refractivity contribution in [2.24, 2.45) is 18.4 Å². The van der Waals surface area contributed by atoms with Crippen molar-refractivity contribution in [3.05, 3.63) is 30.6 Å². The summed E-state index contributed by atoms with van der Waals surface area (Å²) in [5, 5.41) is 0. The molecule has 3 aromatic rings. The summed E-state index contributed by atoms with van der Waals surface area (Å²) in [5.74, 6) is 1.53. The Labute approximate surface area is 157 Å². The highest BCUT2D eigenvalue weighted by atomic mass is 16.5. The van der Waals surface area contributed by atoms with Crippen LogP contribution >= 0.6 is 0 Å². The second-order valence-corrected chi connectivity index (χ2v) is 7.83. The Bertz CT molecular complexity index is 987. The van der Waals surface area contributed by atoms with E-state index in [-0.39, 0.29) is 5.41 Å². The Morgan fingerprint density at radius 3 is 3.07 bits per heavy atom. The van der Waals surface area contributed by atoms with Gasteiger partial charge in [-0.25, -0.2) is 24.9 Å². The molecular formula is C19H23N7O. The van der Waals surface area contributed by atoms with Gasteiger partial charge in [0.15, 0.2) is 17.0 Å². The molecule has 3 aromatic heterocycles. The van der Waals surface area contributed by atoms with Gasteiger partial charge in [0, 0.05) is 37.4 Å². The number of hydrogen-bond donors (Lipinski definition) is 0. The molecular weight excluding hydrogens is 342 g/mol. The molecule has 2 atom stereocenters. The van der Waals surface area contributed by atoms with Crippen LogP contribution in [-0.4, -0.2) is 49.2 Å². The van der Waals surface area contributed by atoms with Crippen LogP contribution in [0.15, 0.2) is 24.9 Å². The molecule has 5 rings (SSSR count). The molecule has 1 aliphatic carbocycles. The van der Waals surface area contributed by atoms with E-state index >= 15 is 0 Å². The summed E-state index contributed by atoms with van der Waals surface area (Å²) in [6.45, 7) is 4.51. The number of nitrogens with zero attached hydrogens (tertiary/aromatic N) is 7. The predicted molar refractivity (Wildman–Crippen MR) is 101 cm³/mol. The molecule has 0 N–H and O–H groups in total. The lowest BCUT2D eigenvalue weighted by Crippen LogP contribution is -2.34. The zero-order valence-corrected chi connectivity index (χ0v) is 15.7. The molecule has 1 aliphatic heterocycles. The Kier molecular flexibility index (Phi) is 3.73. The monoisotopic (exact) mass is 365 g/mol. The van der Waals surface area contributed by atoms with Crippen LogP contribution in [-0.2, 0) is 7.05 Å². The van der Waals surface area contributed by atoms with Crippen molar-refractivity contribution in [2.75, 3.05) is 24.6 Å². The SMILES string of the molecule is Cc1ccnc(OCC23CCCC2CN(c2ncnc4c2ncn4C)C3)n1. The number of fused-ring (bicyclic) bond motifs is 2. The maximum absolute atomic E-state index is 6.05. The lowest BCUT2D eigenvalue weighted by Gasteiger charge is -2.28. The number of anilines is 1. The first-order chi connectivity index (χ1) is 13.1. The van der Waals surface area contributed by atoms with Crippen LogP contribution in [0.1, 0.15) is 25.0 Å². The minimum atomic E-state index is 0.124. The fourth-order valence-electron chi connectivity index (χ4n) is 4.68. The molecule has 27 heavy (non-hydrogen) atoms. The van der Waals surface area contributed by atoms with Crippen LogP contribution in [0, 0.1) is 18.3 Å². The average Bonchev–Trinajstić information content (AvgIpc) is 3.33. The fourth-order valence-corrected chi connectivity index (χ4v) is 4.68. The molecule has 0 spiro atoms. The van der Waals surface area contributed by atoms with Crippen molar-refractivity contribution in [1.29, 1.82) is 0 Å². The molecule has 0 radical (unpaired) electrons. The van der Waals surface area contributed by atoms with Crippen LogP contribution in [0.4, 0.5) is 5.82 Å². The molecule has 0 aromatic carbocycles. The van der Waals surface area contributed by atoms with Crippen LogP contribution in [0.2, 0.25) is 0 Å². The van der Waals surface area contributed by atoms with Crippen molar-refractivity contribution in [3.8, 4) is 6.01 Å². The highest BCUT2D eigenvalue weighted by molar-refractivity contribution is 5.83. The van der Waals surface area contributed by atoms with E-state index in [0.717, 1.165) is 42.2 Å². The summed E-state index contributed by atoms with van der Waals surface area (Å²) in [7, 11) is 1.96. The van der Waals surface area contributed by atoms with Crippen LogP contribution in [0.25, 0.3) is 11.2 Å². The number of hydrogen-bond acceptors (Lipinski definition) is 7. The summed E-state index contributed by atoms with van der Waals surface area (Å²) in [4.78, 5) is 24.5. The molecule has 2 unspecified atom stereocenters. The Morgan fingerprint density at radius 1 is 1.26 bits per heavy atom. The Hall–Kier alpha value is -2.77. The van der Waals surface area contributed by atoms with Crippen LogP contribution in [0.5, 0.6) is 6.01 Å². The Balaban J connectivity index is 1.40. The normalized spacial score (nSPS) is 24.5. The topological polar surface area (TPSA) is 81.9 Å². The number of aryl methyl sites for hydroxylation is 2. The molecule has 1 saturated carbocycles. The first-order valence-electron chi connectivity index (χ1n) is 9.44. The zero-order chi connectivity index (χ0) is 18.4. The molecule has 2 fully saturated rings. The van der Waals surface area contributed by atoms with Gasteiger partial charge < -0.3 is 14.2 Å². The quantitative estimate of drug-likeness (QED) is 0.700. The summed E-state index contributed by atoms with van der Waals surface area (Å²) >= 11 is 0. The van der Waals surface area contributed by atoms with Gasteiger partial charge in [-0.15, -0.1) is 0 Å². The van der Waals surface area contributed by atoms with Gasteiger partial charge in [-0.2, -0.15) is 0 Å². The van der Waals surface area contributed by atoms with Gasteiger partial charge in [0.25, 0.3) is 0 Å². The smallest absolute Gasteiger partial charge is 0.316 e. The third kappa shape index (κ3) is 2.70. The van der Waals surface area contributed by atoms with Crippen molar-refractivity contribution >= 4 is 17.0 Å². The maximum Gasteiger partial charge on any atom is 0.316 e.